The molecule has 0 bridgehead atoms. The lowest BCUT2D eigenvalue weighted by atomic mass is 9.96. The Morgan fingerprint density at radius 2 is 1.62 bits per heavy atom. The summed E-state index contributed by atoms with van der Waals surface area (Å²) in [6.07, 6.45) is 0.417. The smallest absolute Gasteiger partial charge is 0.326 e. The average molecular weight is 437 g/mol. The zero-order valence-corrected chi connectivity index (χ0v) is 17.3. The first-order chi connectivity index (χ1) is 15.4. The van der Waals surface area contributed by atoms with E-state index in [-0.39, 0.29) is 29.7 Å². The minimum Gasteiger partial charge on any atom is -0.493 e. The van der Waals surface area contributed by atoms with Crippen LogP contribution in [0.2, 0.25) is 0 Å². The first kappa shape index (κ1) is 21.5. The lowest BCUT2D eigenvalue weighted by Crippen LogP contribution is -2.42. The number of ether oxygens (including phenoxy) is 1. The largest absolute Gasteiger partial charge is 0.493 e. The maximum absolute atomic E-state index is 14.7. The molecule has 32 heavy (non-hydrogen) atoms. The van der Waals surface area contributed by atoms with Crippen molar-refractivity contribution in [1.29, 1.82) is 0 Å². The number of amides is 1. The van der Waals surface area contributed by atoms with E-state index < -0.39 is 35.6 Å². The molecule has 1 amide bonds. The van der Waals surface area contributed by atoms with Crippen molar-refractivity contribution >= 4 is 11.9 Å². The molecule has 2 unspecified atom stereocenters. The number of nitrogens with zero attached hydrogens (tertiary/aromatic N) is 1. The Balaban J connectivity index is 1.90. The van der Waals surface area contributed by atoms with Gasteiger partial charge in [0.05, 0.1) is 18.7 Å². The highest BCUT2D eigenvalue weighted by molar-refractivity contribution is 6.05. The number of carboxylic acid groups (broad SMARTS) is 1. The minimum absolute atomic E-state index is 0.0896. The van der Waals surface area contributed by atoms with Crippen molar-refractivity contribution in [3.8, 4) is 16.9 Å². The van der Waals surface area contributed by atoms with Gasteiger partial charge in [-0.3, -0.25) is 4.79 Å². The van der Waals surface area contributed by atoms with Gasteiger partial charge in [-0.25, -0.2) is 13.6 Å². The molecular weight excluding hydrogens is 416 g/mol. The number of hydrogen-bond donors (Lipinski definition) is 1. The summed E-state index contributed by atoms with van der Waals surface area (Å²) < 4.78 is 34.5. The van der Waals surface area contributed by atoms with Crippen molar-refractivity contribution < 1.29 is 28.2 Å². The molecule has 0 spiro atoms. The molecule has 3 aromatic carbocycles. The minimum atomic E-state index is -1.20. The fourth-order valence-electron chi connectivity index (χ4n) is 4.34. The van der Waals surface area contributed by atoms with Gasteiger partial charge >= 0.3 is 5.97 Å². The maximum Gasteiger partial charge on any atom is 0.326 e. The van der Waals surface area contributed by atoms with Crippen molar-refractivity contribution in [2.45, 2.75) is 24.9 Å². The number of carboxylic acids is 1. The fourth-order valence-corrected chi connectivity index (χ4v) is 4.34. The first-order valence-corrected chi connectivity index (χ1v) is 10.2. The average Bonchev–Trinajstić information content (AvgIpc) is 3.24. The van der Waals surface area contributed by atoms with Crippen molar-refractivity contribution in [3.05, 3.63) is 89.5 Å². The van der Waals surface area contributed by atoms with Gasteiger partial charge in [0.2, 0.25) is 0 Å². The molecule has 0 aliphatic carbocycles. The molecular formula is C25H21F2NO4. The molecule has 1 heterocycles. The third kappa shape index (κ3) is 3.70. The molecule has 7 heteroatoms. The van der Waals surface area contributed by atoms with Gasteiger partial charge in [-0.15, -0.1) is 0 Å². The number of carbonyl (C=O) groups is 2. The predicted octanol–water partition coefficient (Wildman–Crippen LogP) is 5.07. The number of rotatable bonds is 5. The Morgan fingerprint density at radius 1 is 0.938 bits per heavy atom. The molecule has 3 aromatic rings. The normalized spacial score (nSPS) is 17.9. The highest BCUT2D eigenvalue weighted by Gasteiger charge is 2.44. The predicted molar refractivity (Wildman–Crippen MR) is 114 cm³/mol. The first-order valence-electron chi connectivity index (χ1n) is 10.2. The van der Waals surface area contributed by atoms with Gasteiger partial charge in [0.1, 0.15) is 11.9 Å². The number of benzene rings is 3. The molecule has 0 saturated carbocycles. The van der Waals surface area contributed by atoms with Gasteiger partial charge in [0, 0.05) is 5.56 Å². The van der Waals surface area contributed by atoms with Crippen LogP contribution in [0.1, 0.15) is 34.8 Å². The summed E-state index contributed by atoms with van der Waals surface area (Å²) in [5.41, 5.74) is 1.18. The van der Waals surface area contributed by atoms with Crippen molar-refractivity contribution in [2.75, 3.05) is 7.11 Å². The molecule has 2 atom stereocenters. The van der Waals surface area contributed by atoms with Crippen LogP contribution < -0.4 is 4.74 Å². The van der Waals surface area contributed by atoms with Crippen LogP contribution in [-0.4, -0.2) is 35.0 Å². The number of methoxy groups -OCH3 is 1. The second kappa shape index (κ2) is 8.78. The molecule has 4 rings (SSSR count). The molecule has 0 aromatic heterocycles. The Morgan fingerprint density at radius 3 is 2.28 bits per heavy atom. The monoisotopic (exact) mass is 437 g/mol. The van der Waals surface area contributed by atoms with Gasteiger partial charge in [0.25, 0.3) is 5.91 Å². The van der Waals surface area contributed by atoms with Crippen LogP contribution in [-0.2, 0) is 4.79 Å². The summed E-state index contributed by atoms with van der Waals surface area (Å²) in [6, 6.07) is 15.5. The van der Waals surface area contributed by atoms with E-state index in [1.807, 2.05) is 0 Å². The van der Waals surface area contributed by atoms with E-state index >= 15 is 0 Å². The third-order valence-electron chi connectivity index (χ3n) is 5.78. The topological polar surface area (TPSA) is 66.8 Å². The third-order valence-corrected chi connectivity index (χ3v) is 5.78. The zero-order chi connectivity index (χ0) is 22.8. The van der Waals surface area contributed by atoms with E-state index in [4.69, 9.17) is 4.74 Å². The molecule has 0 radical (unpaired) electrons. The Hall–Kier alpha value is -3.74. The van der Waals surface area contributed by atoms with E-state index in [2.05, 4.69) is 0 Å². The summed E-state index contributed by atoms with van der Waals surface area (Å²) in [5.74, 6) is -3.48. The quantitative estimate of drug-likeness (QED) is 0.605. The van der Waals surface area contributed by atoms with Crippen LogP contribution in [0, 0.1) is 11.6 Å². The molecule has 5 nitrogen and oxygen atoms in total. The molecule has 164 valence electrons. The maximum atomic E-state index is 14.7. The van der Waals surface area contributed by atoms with Gasteiger partial charge in [-0.1, -0.05) is 54.6 Å². The number of carbonyl (C=O) groups excluding carboxylic acids is 1. The highest BCUT2D eigenvalue weighted by Crippen LogP contribution is 2.42. The summed E-state index contributed by atoms with van der Waals surface area (Å²) in [6.45, 7) is 0. The summed E-state index contributed by atoms with van der Waals surface area (Å²) in [4.78, 5) is 27.0. The van der Waals surface area contributed by atoms with E-state index in [0.717, 1.165) is 4.90 Å². The molecule has 1 aliphatic rings. The molecule has 1 N–H and O–H groups in total. The molecule has 1 fully saturated rings. The van der Waals surface area contributed by atoms with Gasteiger partial charge < -0.3 is 14.7 Å². The van der Waals surface area contributed by atoms with E-state index in [9.17, 15) is 23.5 Å². The summed E-state index contributed by atoms with van der Waals surface area (Å²) in [5, 5.41) is 9.79. The van der Waals surface area contributed by atoms with Crippen molar-refractivity contribution in [2.24, 2.45) is 0 Å². The van der Waals surface area contributed by atoms with E-state index in [1.54, 1.807) is 36.4 Å². The van der Waals surface area contributed by atoms with Crippen LogP contribution >= 0.6 is 0 Å². The van der Waals surface area contributed by atoms with Gasteiger partial charge in [0.15, 0.2) is 11.6 Å². The number of aliphatic carboxylic acids is 1. The second-order valence-corrected chi connectivity index (χ2v) is 7.55. The molecule has 1 saturated heterocycles. The van der Waals surface area contributed by atoms with Crippen LogP contribution in [0.3, 0.4) is 0 Å². The Labute approximate surface area is 183 Å². The number of likely N-dealkylation sites (tertiary alicyclic amines) is 1. The van der Waals surface area contributed by atoms with Gasteiger partial charge in [-0.2, -0.15) is 0 Å². The van der Waals surface area contributed by atoms with E-state index in [1.165, 1.54) is 37.4 Å². The SMILES string of the molecule is COc1c(F)ccc(-c2ccccc2)c1C(=O)N1C(C(=O)O)CCC1c1ccccc1F. The van der Waals surface area contributed by atoms with Crippen LogP contribution in [0.5, 0.6) is 5.75 Å². The van der Waals surface area contributed by atoms with E-state index in [0.29, 0.717) is 11.1 Å². The number of hydrogen-bond acceptors (Lipinski definition) is 3. The fraction of sp³-hybridized carbons (Fsp3) is 0.200. The standard InChI is InChI=1S/C25H21F2NO4/c1-32-23-19(27)12-11-16(15-7-3-2-4-8-15)22(23)24(29)28-20(13-14-21(28)25(30)31)17-9-5-6-10-18(17)26/h2-12,20-21H,13-14H2,1H3,(H,30,31). The summed E-state index contributed by atoms with van der Waals surface area (Å²) >= 11 is 0. The zero-order valence-electron chi connectivity index (χ0n) is 17.3. The highest BCUT2D eigenvalue weighted by atomic mass is 19.1. The lowest BCUT2D eigenvalue weighted by Gasteiger charge is -2.30. The Kier molecular flexibility index (Phi) is 5.90. The van der Waals surface area contributed by atoms with Crippen LogP contribution in [0.15, 0.2) is 66.7 Å². The van der Waals surface area contributed by atoms with Crippen LogP contribution in [0.4, 0.5) is 8.78 Å². The van der Waals surface area contributed by atoms with Crippen LogP contribution in [0.25, 0.3) is 11.1 Å². The number of halogens is 2. The second-order valence-electron chi connectivity index (χ2n) is 7.55. The van der Waals surface area contributed by atoms with Crippen molar-refractivity contribution in [3.63, 3.8) is 0 Å². The Bertz CT molecular complexity index is 1170. The summed E-state index contributed by atoms with van der Waals surface area (Å²) in [7, 11) is 1.25. The molecule has 1 aliphatic heterocycles. The van der Waals surface area contributed by atoms with Gasteiger partial charge in [-0.05, 0) is 36.1 Å². The lowest BCUT2D eigenvalue weighted by molar-refractivity contribution is -0.141. The van der Waals surface area contributed by atoms with Crippen molar-refractivity contribution in [1.82, 2.24) is 4.90 Å².